The van der Waals surface area contributed by atoms with Crippen molar-refractivity contribution in [3.63, 3.8) is 0 Å². The monoisotopic (exact) mass is 418 g/mol. The minimum Gasteiger partial charge on any atom is -0.336 e. The highest BCUT2D eigenvalue weighted by molar-refractivity contribution is 5.94. The summed E-state index contributed by atoms with van der Waals surface area (Å²) in [5.41, 5.74) is -0.278. The first-order chi connectivity index (χ1) is 14.3. The first-order valence-electron chi connectivity index (χ1n) is 8.89. The van der Waals surface area contributed by atoms with Crippen LogP contribution in [-0.4, -0.2) is 39.9 Å². The van der Waals surface area contributed by atoms with E-state index in [9.17, 15) is 27.6 Å². The Labute approximate surface area is 168 Å². The van der Waals surface area contributed by atoms with Crippen LogP contribution in [0, 0.1) is 17.5 Å². The van der Waals surface area contributed by atoms with Gasteiger partial charge in [-0.3, -0.25) is 19.0 Å². The van der Waals surface area contributed by atoms with Crippen LogP contribution in [0.1, 0.15) is 6.42 Å². The number of rotatable bonds is 6. The van der Waals surface area contributed by atoms with Crippen molar-refractivity contribution in [3.8, 4) is 0 Å². The lowest BCUT2D eigenvalue weighted by Gasteiger charge is -2.17. The van der Waals surface area contributed by atoms with E-state index < -0.39 is 41.5 Å². The second-order valence-corrected chi connectivity index (χ2v) is 6.53. The first kappa shape index (κ1) is 21.0. The third kappa shape index (κ3) is 4.48. The largest absolute Gasteiger partial charge is 0.336 e. The average molecular weight is 418 g/mol. The smallest absolute Gasteiger partial charge is 0.261 e. The van der Waals surface area contributed by atoms with Crippen LogP contribution in [0.3, 0.4) is 0 Å². The molecule has 2 aromatic carbocycles. The normalized spacial score (nSPS) is 10.8. The van der Waals surface area contributed by atoms with Gasteiger partial charge in [0.05, 0.1) is 29.5 Å². The Hall–Kier alpha value is -3.69. The number of benzene rings is 2. The lowest BCUT2D eigenvalue weighted by atomic mass is 10.2. The molecular weight excluding hydrogens is 401 g/mol. The van der Waals surface area contributed by atoms with Gasteiger partial charge < -0.3 is 10.2 Å². The fourth-order valence-electron chi connectivity index (χ4n) is 2.79. The number of fused-ring (bicyclic) bond motifs is 1. The number of nitrogens with one attached hydrogen (secondary N) is 1. The van der Waals surface area contributed by atoms with Crippen molar-refractivity contribution in [1.29, 1.82) is 0 Å². The second-order valence-electron chi connectivity index (χ2n) is 6.53. The second kappa shape index (κ2) is 8.76. The van der Waals surface area contributed by atoms with Crippen molar-refractivity contribution in [2.75, 3.05) is 18.9 Å². The van der Waals surface area contributed by atoms with Crippen molar-refractivity contribution in [2.45, 2.75) is 13.0 Å². The quantitative estimate of drug-likeness (QED) is 0.623. The van der Waals surface area contributed by atoms with Crippen molar-refractivity contribution in [1.82, 2.24) is 14.5 Å². The first-order valence-corrected chi connectivity index (χ1v) is 8.89. The van der Waals surface area contributed by atoms with Crippen LogP contribution in [-0.2, 0) is 16.1 Å². The molecule has 10 heteroatoms. The van der Waals surface area contributed by atoms with E-state index in [4.69, 9.17) is 0 Å². The summed E-state index contributed by atoms with van der Waals surface area (Å²) in [6, 6.07) is 8.37. The van der Waals surface area contributed by atoms with Gasteiger partial charge in [0.2, 0.25) is 11.8 Å². The van der Waals surface area contributed by atoms with Crippen LogP contribution in [0.2, 0.25) is 0 Å². The molecule has 3 aromatic rings. The number of aryl methyl sites for hydroxylation is 1. The fourth-order valence-corrected chi connectivity index (χ4v) is 2.79. The Morgan fingerprint density at radius 2 is 1.83 bits per heavy atom. The van der Waals surface area contributed by atoms with Gasteiger partial charge >= 0.3 is 0 Å². The minimum absolute atomic E-state index is 0.0548. The summed E-state index contributed by atoms with van der Waals surface area (Å²) in [6.07, 6.45) is 1.26. The number of anilines is 1. The summed E-state index contributed by atoms with van der Waals surface area (Å²) >= 11 is 0. The number of aromatic nitrogens is 2. The number of hydrogen-bond acceptors (Lipinski definition) is 4. The molecule has 0 aliphatic rings. The molecular formula is C20H17F3N4O3. The van der Waals surface area contributed by atoms with Gasteiger partial charge in [-0.05, 0) is 24.3 Å². The molecule has 0 fully saturated rings. The molecule has 0 spiro atoms. The molecule has 0 atom stereocenters. The topological polar surface area (TPSA) is 84.3 Å². The molecule has 1 N–H and O–H groups in total. The number of carbonyl (C=O) groups excluding carboxylic acids is 2. The number of hydrogen-bond donors (Lipinski definition) is 1. The van der Waals surface area contributed by atoms with E-state index in [0.717, 1.165) is 11.0 Å². The van der Waals surface area contributed by atoms with Crippen LogP contribution in [0.5, 0.6) is 0 Å². The van der Waals surface area contributed by atoms with E-state index in [-0.39, 0.29) is 18.5 Å². The molecule has 7 nitrogen and oxygen atoms in total. The third-order valence-corrected chi connectivity index (χ3v) is 4.41. The average Bonchev–Trinajstić information content (AvgIpc) is 2.73. The van der Waals surface area contributed by atoms with E-state index >= 15 is 0 Å². The van der Waals surface area contributed by atoms with Crippen LogP contribution in [0.15, 0.2) is 47.5 Å². The molecule has 0 radical (unpaired) electrons. The Morgan fingerprint density at radius 3 is 2.60 bits per heavy atom. The number of likely N-dealkylation sites (N-methyl/N-ethyl adjacent to an activating group) is 1. The van der Waals surface area contributed by atoms with Gasteiger partial charge in [0.25, 0.3) is 5.56 Å². The molecule has 1 aromatic heterocycles. The molecule has 2 amide bonds. The van der Waals surface area contributed by atoms with Crippen molar-refractivity contribution in [2.24, 2.45) is 0 Å². The standard InChI is InChI=1S/C20H17F3N4O3/c1-26(10-16(28)25-15-7-6-13(21)18(22)19(15)23)17(29)8-9-27-11-24-14-5-3-2-4-12(14)20(27)30/h2-7,11H,8-10H2,1H3,(H,25,28). The Morgan fingerprint density at radius 1 is 1.10 bits per heavy atom. The number of amides is 2. The van der Waals surface area contributed by atoms with Crippen LogP contribution < -0.4 is 10.9 Å². The van der Waals surface area contributed by atoms with Crippen LogP contribution in [0.25, 0.3) is 10.9 Å². The summed E-state index contributed by atoms with van der Waals surface area (Å²) in [6.45, 7) is -0.388. The zero-order valence-electron chi connectivity index (χ0n) is 15.9. The molecule has 30 heavy (non-hydrogen) atoms. The Kier molecular flexibility index (Phi) is 6.14. The highest BCUT2D eigenvalue weighted by atomic mass is 19.2. The zero-order chi connectivity index (χ0) is 21.8. The number of carbonyl (C=O) groups is 2. The summed E-state index contributed by atoms with van der Waals surface area (Å²) in [4.78, 5) is 41.9. The summed E-state index contributed by atoms with van der Waals surface area (Å²) in [5.74, 6) is -5.85. The Balaban J connectivity index is 1.58. The molecule has 3 rings (SSSR count). The molecule has 0 aliphatic heterocycles. The van der Waals surface area contributed by atoms with Crippen molar-refractivity contribution in [3.05, 3.63) is 70.5 Å². The molecule has 0 unspecified atom stereocenters. The van der Waals surface area contributed by atoms with E-state index in [1.807, 2.05) is 0 Å². The van der Waals surface area contributed by atoms with Gasteiger partial charge in [-0.15, -0.1) is 0 Å². The maximum atomic E-state index is 13.6. The van der Waals surface area contributed by atoms with E-state index in [1.54, 1.807) is 24.3 Å². The fraction of sp³-hybridized carbons (Fsp3) is 0.200. The van der Waals surface area contributed by atoms with Crippen LogP contribution in [0.4, 0.5) is 18.9 Å². The zero-order valence-corrected chi connectivity index (χ0v) is 15.9. The van der Waals surface area contributed by atoms with Crippen molar-refractivity contribution >= 4 is 28.4 Å². The van der Waals surface area contributed by atoms with Gasteiger partial charge in [-0.2, -0.15) is 0 Å². The SMILES string of the molecule is CN(CC(=O)Nc1ccc(F)c(F)c1F)C(=O)CCn1cnc2ccccc2c1=O. The minimum atomic E-state index is -1.70. The maximum Gasteiger partial charge on any atom is 0.261 e. The third-order valence-electron chi connectivity index (χ3n) is 4.41. The molecule has 1 heterocycles. The maximum absolute atomic E-state index is 13.6. The molecule has 0 saturated heterocycles. The highest BCUT2D eigenvalue weighted by Gasteiger charge is 2.18. The van der Waals surface area contributed by atoms with Gasteiger partial charge in [-0.1, -0.05) is 12.1 Å². The predicted octanol–water partition coefficient (Wildman–Crippen LogP) is 2.30. The summed E-state index contributed by atoms with van der Waals surface area (Å²) in [7, 11) is 1.35. The van der Waals surface area contributed by atoms with E-state index in [2.05, 4.69) is 10.3 Å². The number of nitrogens with zero attached hydrogens (tertiary/aromatic N) is 3. The van der Waals surface area contributed by atoms with Crippen LogP contribution >= 0.6 is 0 Å². The van der Waals surface area contributed by atoms with E-state index in [1.165, 1.54) is 17.9 Å². The lowest BCUT2D eigenvalue weighted by Crippen LogP contribution is -2.36. The van der Waals surface area contributed by atoms with Gasteiger partial charge in [-0.25, -0.2) is 18.2 Å². The van der Waals surface area contributed by atoms with E-state index in [0.29, 0.717) is 17.0 Å². The van der Waals surface area contributed by atoms with Gasteiger partial charge in [0.1, 0.15) is 0 Å². The van der Waals surface area contributed by atoms with Gasteiger partial charge in [0, 0.05) is 20.0 Å². The number of halogens is 3. The summed E-state index contributed by atoms with van der Waals surface area (Å²) < 4.78 is 41.1. The molecule has 0 saturated carbocycles. The predicted molar refractivity (Wildman–Crippen MR) is 103 cm³/mol. The van der Waals surface area contributed by atoms with Gasteiger partial charge in [0.15, 0.2) is 17.5 Å². The Bertz CT molecular complexity index is 1180. The molecule has 0 aliphatic carbocycles. The number of para-hydroxylation sites is 1. The molecule has 0 bridgehead atoms. The summed E-state index contributed by atoms with van der Waals surface area (Å²) in [5, 5.41) is 2.51. The van der Waals surface area contributed by atoms with Crippen molar-refractivity contribution < 1.29 is 22.8 Å². The molecule has 156 valence electrons. The highest BCUT2D eigenvalue weighted by Crippen LogP contribution is 2.19. The lowest BCUT2D eigenvalue weighted by molar-refractivity contribution is -0.133.